The molecular formula is C11H7BrF2N2. The minimum absolute atomic E-state index is 0.470. The van der Waals surface area contributed by atoms with Gasteiger partial charge >= 0.3 is 0 Å². The summed E-state index contributed by atoms with van der Waals surface area (Å²) in [7, 11) is 0. The van der Waals surface area contributed by atoms with Crippen LogP contribution in [-0.2, 0) is 0 Å². The number of hydrogen-bond donors (Lipinski definition) is 1. The molecule has 2 aromatic rings. The highest BCUT2D eigenvalue weighted by Gasteiger charge is 2.10. The van der Waals surface area contributed by atoms with Gasteiger partial charge in [0.05, 0.1) is 10.2 Å². The summed E-state index contributed by atoms with van der Waals surface area (Å²) in [5, 5.41) is 0. The number of halogens is 3. The number of nitrogen functional groups attached to an aromatic ring is 1. The molecule has 0 aliphatic heterocycles. The average Bonchev–Trinajstić information content (AvgIpc) is 2.26. The van der Waals surface area contributed by atoms with Crippen LogP contribution in [0.3, 0.4) is 0 Å². The van der Waals surface area contributed by atoms with E-state index in [1.807, 2.05) is 0 Å². The first-order valence-electron chi connectivity index (χ1n) is 4.45. The Bertz CT molecular complexity index is 544. The molecule has 0 atom stereocenters. The number of aromatic nitrogens is 1. The van der Waals surface area contributed by atoms with Gasteiger partial charge in [0, 0.05) is 17.4 Å². The standard InChI is InChI=1S/C11H7BrF2N2/c12-10-9(15)3-4-16-11(10)6-1-2-7(13)8(14)5-6/h1-5H,(H2,15,16). The minimum Gasteiger partial charge on any atom is -0.398 e. The van der Waals surface area contributed by atoms with Crippen molar-refractivity contribution in [3.05, 3.63) is 46.6 Å². The first kappa shape index (κ1) is 11.0. The second-order valence-electron chi connectivity index (χ2n) is 3.19. The number of nitrogens with two attached hydrogens (primary N) is 1. The van der Waals surface area contributed by atoms with Crippen molar-refractivity contribution in [1.29, 1.82) is 0 Å². The Kier molecular flexibility index (Phi) is 2.87. The zero-order chi connectivity index (χ0) is 11.7. The smallest absolute Gasteiger partial charge is 0.159 e. The molecule has 0 aliphatic carbocycles. The number of nitrogens with zero attached hydrogens (tertiary/aromatic N) is 1. The van der Waals surface area contributed by atoms with Gasteiger partial charge in [-0.3, -0.25) is 4.98 Å². The fraction of sp³-hybridized carbons (Fsp3) is 0. The summed E-state index contributed by atoms with van der Waals surface area (Å²) < 4.78 is 26.4. The maximum atomic E-state index is 13.0. The Morgan fingerprint density at radius 3 is 2.56 bits per heavy atom. The van der Waals surface area contributed by atoms with Crippen molar-refractivity contribution < 1.29 is 8.78 Å². The van der Waals surface area contributed by atoms with Crippen LogP contribution in [0.15, 0.2) is 34.9 Å². The quantitative estimate of drug-likeness (QED) is 0.872. The molecule has 2 nitrogen and oxygen atoms in total. The van der Waals surface area contributed by atoms with Crippen LogP contribution in [0.1, 0.15) is 0 Å². The van der Waals surface area contributed by atoms with Crippen LogP contribution in [0.5, 0.6) is 0 Å². The van der Waals surface area contributed by atoms with E-state index in [9.17, 15) is 8.78 Å². The Balaban J connectivity index is 2.59. The largest absolute Gasteiger partial charge is 0.398 e. The van der Waals surface area contributed by atoms with Crippen molar-refractivity contribution in [2.45, 2.75) is 0 Å². The average molecular weight is 285 g/mol. The third-order valence-electron chi connectivity index (χ3n) is 2.11. The molecule has 0 unspecified atom stereocenters. The van der Waals surface area contributed by atoms with Crippen molar-refractivity contribution in [3.8, 4) is 11.3 Å². The summed E-state index contributed by atoms with van der Waals surface area (Å²) in [6.07, 6.45) is 1.51. The van der Waals surface area contributed by atoms with Gasteiger partial charge in [-0.25, -0.2) is 8.78 Å². The molecule has 1 aromatic heterocycles. The number of rotatable bonds is 1. The number of hydrogen-bond acceptors (Lipinski definition) is 2. The maximum absolute atomic E-state index is 13.0. The molecule has 5 heteroatoms. The van der Waals surface area contributed by atoms with Gasteiger partial charge < -0.3 is 5.73 Å². The Morgan fingerprint density at radius 1 is 1.12 bits per heavy atom. The van der Waals surface area contributed by atoms with Gasteiger partial charge in [0.1, 0.15) is 0 Å². The highest BCUT2D eigenvalue weighted by molar-refractivity contribution is 9.10. The molecule has 0 spiro atoms. The fourth-order valence-electron chi connectivity index (χ4n) is 1.30. The second-order valence-corrected chi connectivity index (χ2v) is 3.98. The van der Waals surface area contributed by atoms with E-state index in [1.165, 1.54) is 12.3 Å². The lowest BCUT2D eigenvalue weighted by molar-refractivity contribution is 0.509. The molecule has 0 amide bonds. The minimum atomic E-state index is -0.909. The van der Waals surface area contributed by atoms with Crippen molar-refractivity contribution in [2.75, 3.05) is 5.73 Å². The van der Waals surface area contributed by atoms with Crippen molar-refractivity contribution in [1.82, 2.24) is 4.98 Å². The summed E-state index contributed by atoms with van der Waals surface area (Å²) in [6.45, 7) is 0. The molecule has 16 heavy (non-hydrogen) atoms. The molecule has 1 aromatic carbocycles. The molecule has 2 N–H and O–H groups in total. The van der Waals surface area contributed by atoms with E-state index in [4.69, 9.17) is 5.73 Å². The SMILES string of the molecule is Nc1ccnc(-c2ccc(F)c(F)c2)c1Br. The first-order valence-corrected chi connectivity index (χ1v) is 5.24. The molecule has 0 aliphatic rings. The number of benzene rings is 1. The van der Waals surface area contributed by atoms with E-state index in [0.29, 0.717) is 21.4 Å². The van der Waals surface area contributed by atoms with E-state index in [1.54, 1.807) is 6.07 Å². The lowest BCUT2D eigenvalue weighted by Gasteiger charge is -2.06. The van der Waals surface area contributed by atoms with Gasteiger partial charge in [-0.05, 0) is 40.2 Å². The monoisotopic (exact) mass is 284 g/mol. The Labute approximate surface area is 99.2 Å². The zero-order valence-corrected chi connectivity index (χ0v) is 9.63. The van der Waals surface area contributed by atoms with Crippen LogP contribution < -0.4 is 5.73 Å². The molecule has 2 rings (SSSR count). The fourth-order valence-corrected chi connectivity index (χ4v) is 1.77. The predicted octanol–water partition coefficient (Wildman–Crippen LogP) is 3.37. The van der Waals surface area contributed by atoms with Crippen LogP contribution >= 0.6 is 15.9 Å². The van der Waals surface area contributed by atoms with E-state index in [-0.39, 0.29) is 0 Å². The van der Waals surface area contributed by atoms with Gasteiger partial charge in [0.25, 0.3) is 0 Å². The number of pyridine rings is 1. The summed E-state index contributed by atoms with van der Waals surface area (Å²) in [5.74, 6) is -1.79. The molecule has 0 saturated heterocycles. The maximum Gasteiger partial charge on any atom is 0.159 e. The number of anilines is 1. The van der Waals surface area contributed by atoms with Crippen molar-refractivity contribution in [3.63, 3.8) is 0 Å². The van der Waals surface area contributed by atoms with E-state index >= 15 is 0 Å². The highest BCUT2D eigenvalue weighted by atomic mass is 79.9. The van der Waals surface area contributed by atoms with Crippen molar-refractivity contribution >= 4 is 21.6 Å². The first-order chi connectivity index (χ1) is 7.59. The van der Waals surface area contributed by atoms with Crippen LogP contribution in [0, 0.1) is 11.6 Å². The van der Waals surface area contributed by atoms with Crippen molar-refractivity contribution in [2.24, 2.45) is 0 Å². The molecule has 0 saturated carbocycles. The molecule has 0 bridgehead atoms. The lowest BCUT2D eigenvalue weighted by Crippen LogP contribution is -1.93. The van der Waals surface area contributed by atoms with Gasteiger partial charge in [0.2, 0.25) is 0 Å². The van der Waals surface area contributed by atoms with Gasteiger partial charge in [-0.1, -0.05) is 0 Å². The molecule has 0 radical (unpaired) electrons. The molecule has 1 heterocycles. The van der Waals surface area contributed by atoms with E-state index in [2.05, 4.69) is 20.9 Å². The molecular weight excluding hydrogens is 278 g/mol. The normalized spacial score (nSPS) is 10.4. The van der Waals surface area contributed by atoms with Crippen LogP contribution in [0.25, 0.3) is 11.3 Å². The topological polar surface area (TPSA) is 38.9 Å². The Morgan fingerprint density at radius 2 is 1.88 bits per heavy atom. The summed E-state index contributed by atoms with van der Waals surface area (Å²) in [4.78, 5) is 4.06. The summed E-state index contributed by atoms with van der Waals surface area (Å²) in [6, 6.07) is 5.21. The Hall–Kier alpha value is -1.49. The van der Waals surface area contributed by atoms with E-state index < -0.39 is 11.6 Å². The third-order valence-corrected chi connectivity index (χ3v) is 2.95. The third kappa shape index (κ3) is 1.90. The summed E-state index contributed by atoms with van der Waals surface area (Å²) in [5.41, 5.74) is 7.12. The van der Waals surface area contributed by atoms with Gasteiger partial charge in [-0.15, -0.1) is 0 Å². The molecule has 82 valence electrons. The van der Waals surface area contributed by atoms with Crippen LogP contribution in [0.2, 0.25) is 0 Å². The highest BCUT2D eigenvalue weighted by Crippen LogP contribution is 2.30. The van der Waals surface area contributed by atoms with E-state index in [0.717, 1.165) is 12.1 Å². The molecule has 0 fully saturated rings. The second kappa shape index (κ2) is 4.17. The van der Waals surface area contributed by atoms with Crippen LogP contribution in [-0.4, -0.2) is 4.98 Å². The lowest BCUT2D eigenvalue weighted by atomic mass is 10.1. The van der Waals surface area contributed by atoms with Gasteiger partial charge in [0.15, 0.2) is 11.6 Å². The zero-order valence-electron chi connectivity index (χ0n) is 8.05. The predicted molar refractivity (Wildman–Crippen MR) is 61.7 cm³/mol. The summed E-state index contributed by atoms with van der Waals surface area (Å²) >= 11 is 3.26. The van der Waals surface area contributed by atoms with Gasteiger partial charge in [-0.2, -0.15) is 0 Å². The van der Waals surface area contributed by atoms with Crippen LogP contribution in [0.4, 0.5) is 14.5 Å².